The molecule has 0 saturated carbocycles. The summed E-state index contributed by atoms with van der Waals surface area (Å²) in [5.41, 5.74) is 11.6. The van der Waals surface area contributed by atoms with E-state index in [2.05, 4.69) is 15.6 Å². The number of aliphatic hydroxyl groups is 3. The maximum absolute atomic E-state index is 12.8. The molecule has 3 aliphatic rings. The number of nitrogens with zero attached hydrogens (tertiary/aromatic N) is 2. The van der Waals surface area contributed by atoms with Gasteiger partial charge in [-0.05, 0) is 25.5 Å². The van der Waals surface area contributed by atoms with E-state index in [-0.39, 0.29) is 23.5 Å². The van der Waals surface area contributed by atoms with E-state index in [1.165, 1.54) is 4.58 Å². The van der Waals surface area contributed by atoms with Crippen LogP contribution >= 0.6 is 0 Å². The van der Waals surface area contributed by atoms with E-state index >= 15 is 0 Å². The summed E-state index contributed by atoms with van der Waals surface area (Å²) in [5.74, 6) is -3.34. The Kier molecular flexibility index (Phi) is 4.64. The van der Waals surface area contributed by atoms with Crippen LogP contribution in [0.1, 0.15) is 29.3 Å². The van der Waals surface area contributed by atoms with Gasteiger partial charge in [0.05, 0.1) is 12.2 Å². The average molecular weight is 419 g/mol. The third kappa shape index (κ3) is 2.59. The summed E-state index contributed by atoms with van der Waals surface area (Å²) < 4.78 is 6.91. The van der Waals surface area contributed by atoms with Crippen LogP contribution < -0.4 is 22.1 Å². The Morgan fingerprint density at radius 1 is 1.30 bits per heavy atom. The van der Waals surface area contributed by atoms with Crippen molar-refractivity contribution >= 4 is 17.9 Å². The Bertz CT molecular complexity index is 930. The van der Waals surface area contributed by atoms with Crippen molar-refractivity contribution in [1.82, 2.24) is 10.6 Å². The molecule has 1 saturated heterocycles. The summed E-state index contributed by atoms with van der Waals surface area (Å²) in [7, 11) is 0. The fraction of sp³-hybridized carbons (Fsp3) is 0.526. The van der Waals surface area contributed by atoms with E-state index in [9.17, 15) is 20.1 Å². The minimum Gasteiger partial charge on any atom is -0.449 e. The normalized spacial score (nSPS) is 33.8. The molecule has 30 heavy (non-hydrogen) atoms. The first-order chi connectivity index (χ1) is 14.2. The van der Waals surface area contributed by atoms with Gasteiger partial charge in [-0.3, -0.25) is 11.1 Å². The van der Waals surface area contributed by atoms with Crippen molar-refractivity contribution in [2.24, 2.45) is 16.5 Å². The van der Waals surface area contributed by atoms with E-state index in [0.29, 0.717) is 6.42 Å². The van der Waals surface area contributed by atoms with Crippen LogP contribution in [0.5, 0.6) is 0 Å². The second-order valence-electron chi connectivity index (χ2n) is 7.93. The summed E-state index contributed by atoms with van der Waals surface area (Å²) >= 11 is 0. The first-order valence-electron chi connectivity index (χ1n) is 9.80. The molecule has 0 aromatic heterocycles. The van der Waals surface area contributed by atoms with Crippen LogP contribution in [0.2, 0.25) is 0 Å². The summed E-state index contributed by atoms with van der Waals surface area (Å²) in [5, 5.41) is 38.7. The number of nitrogens with one attached hydrogen (secondary N) is 2. The van der Waals surface area contributed by atoms with Gasteiger partial charge in [-0.25, -0.2) is 14.4 Å². The van der Waals surface area contributed by atoms with Crippen LogP contribution in [0.15, 0.2) is 29.3 Å². The highest BCUT2D eigenvalue weighted by Crippen LogP contribution is 2.45. The summed E-state index contributed by atoms with van der Waals surface area (Å²) in [6.07, 6.45) is -0.976. The molecule has 3 aliphatic heterocycles. The molecule has 1 aromatic carbocycles. The lowest BCUT2D eigenvalue weighted by Gasteiger charge is -2.43. The lowest BCUT2D eigenvalue weighted by Crippen LogP contribution is -2.78. The molecular formula is C19H27N6O5+. The Hall–Kier alpha value is -2.89. The van der Waals surface area contributed by atoms with Crippen molar-refractivity contribution < 1.29 is 29.4 Å². The minimum absolute atomic E-state index is 0.00498. The van der Waals surface area contributed by atoms with Crippen LogP contribution in [-0.2, 0) is 4.74 Å². The van der Waals surface area contributed by atoms with Gasteiger partial charge in [-0.2, -0.15) is 0 Å². The highest BCUT2D eigenvalue weighted by Gasteiger charge is 2.78. The van der Waals surface area contributed by atoms with Crippen molar-refractivity contribution in [3.05, 3.63) is 35.4 Å². The van der Waals surface area contributed by atoms with Gasteiger partial charge in [-0.1, -0.05) is 24.6 Å². The van der Waals surface area contributed by atoms with E-state index in [0.717, 1.165) is 5.56 Å². The number of guanidine groups is 2. The number of hydrogen-bond acceptors (Lipinski definition) is 10. The van der Waals surface area contributed by atoms with Gasteiger partial charge in [0.2, 0.25) is 5.66 Å². The van der Waals surface area contributed by atoms with Crippen LogP contribution in [0.25, 0.3) is 0 Å². The third-order valence-electron chi connectivity index (χ3n) is 6.17. The molecule has 9 N–H and O–H groups in total. The number of carbonyl (C=O) groups excluding carboxylic acids is 1. The first-order valence-corrected chi connectivity index (χ1v) is 9.80. The summed E-state index contributed by atoms with van der Waals surface area (Å²) in [4.78, 5) is 17.1. The SMILES string of the molecule is CC[C@@H]1NC(N)=[N+]2[C@H](CO)[C@H](OC(=O)c3ccc(C)cc3)C(O)(O)[C@@]23NC(N)=N[C@@H]13. The first kappa shape index (κ1) is 20.4. The molecule has 0 unspecified atom stereocenters. The van der Waals surface area contributed by atoms with Gasteiger partial charge in [0.15, 0.2) is 12.1 Å². The number of esters is 1. The molecule has 0 aliphatic carbocycles. The molecule has 162 valence electrons. The predicted octanol–water partition coefficient (Wildman–Crippen LogP) is -2.73. The molecule has 11 nitrogen and oxygen atoms in total. The number of carbonyl (C=O) groups is 1. The Balaban J connectivity index is 1.78. The maximum atomic E-state index is 12.8. The van der Waals surface area contributed by atoms with Crippen molar-refractivity contribution in [3.63, 3.8) is 0 Å². The zero-order chi connectivity index (χ0) is 21.8. The van der Waals surface area contributed by atoms with Gasteiger partial charge >= 0.3 is 11.9 Å². The summed E-state index contributed by atoms with van der Waals surface area (Å²) in [6, 6.07) is 4.46. The molecule has 0 radical (unpaired) electrons. The molecule has 5 atom stereocenters. The van der Waals surface area contributed by atoms with Crippen molar-refractivity contribution in [2.45, 2.75) is 55.9 Å². The Morgan fingerprint density at radius 3 is 2.57 bits per heavy atom. The van der Waals surface area contributed by atoms with Crippen molar-refractivity contribution in [3.8, 4) is 0 Å². The number of nitrogens with two attached hydrogens (primary N) is 2. The number of aryl methyl sites for hydroxylation is 1. The Labute approximate surface area is 173 Å². The highest BCUT2D eigenvalue weighted by molar-refractivity contribution is 5.89. The van der Waals surface area contributed by atoms with Gasteiger partial charge in [-0.15, -0.1) is 0 Å². The van der Waals surface area contributed by atoms with Crippen LogP contribution in [-0.4, -0.2) is 80.1 Å². The smallest absolute Gasteiger partial charge is 0.346 e. The zero-order valence-corrected chi connectivity index (χ0v) is 16.7. The maximum Gasteiger partial charge on any atom is 0.346 e. The summed E-state index contributed by atoms with van der Waals surface area (Å²) in [6.45, 7) is 3.20. The molecule has 1 aromatic rings. The molecule has 4 rings (SSSR count). The fourth-order valence-electron chi connectivity index (χ4n) is 4.74. The van der Waals surface area contributed by atoms with Crippen molar-refractivity contribution in [2.75, 3.05) is 6.61 Å². The molecule has 0 amide bonds. The van der Waals surface area contributed by atoms with E-state index in [4.69, 9.17) is 16.2 Å². The van der Waals surface area contributed by atoms with Crippen LogP contribution in [0.4, 0.5) is 0 Å². The van der Waals surface area contributed by atoms with Crippen LogP contribution in [0, 0.1) is 6.92 Å². The number of benzene rings is 1. The number of rotatable bonds is 4. The minimum atomic E-state index is -2.67. The standard InChI is InChI=1S/C19H26N6O5/c1-3-11-13-18(24-16(20)23-13)19(28,29)14(12(8-26)25(18)17(21)22-11)30-15(27)10-6-4-9(2)5-7-10/h4-7,11-14,26,28-29H,3,8H2,1-2H3,(H5,20,21,22,23,24)/p+1/t11-,12+,13-,14-,18-/m0/s1. The van der Waals surface area contributed by atoms with E-state index in [1.807, 2.05) is 13.8 Å². The molecule has 3 heterocycles. The number of aliphatic hydroxyl groups excluding tert-OH is 1. The lowest BCUT2D eigenvalue weighted by molar-refractivity contribution is -0.650. The topological polar surface area (TPSA) is 178 Å². The Morgan fingerprint density at radius 2 is 1.97 bits per heavy atom. The van der Waals surface area contributed by atoms with Gasteiger partial charge < -0.3 is 31.1 Å². The molecule has 1 fully saturated rings. The largest absolute Gasteiger partial charge is 0.449 e. The highest BCUT2D eigenvalue weighted by atomic mass is 16.6. The fourth-order valence-corrected chi connectivity index (χ4v) is 4.74. The monoisotopic (exact) mass is 419 g/mol. The molecule has 0 bridgehead atoms. The van der Waals surface area contributed by atoms with Gasteiger partial charge in [0, 0.05) is 0 Å². The van der Waals surface area contributed by atoms with Crippen LogP contribution in [0.3, 0.4) is 0 Å². The second-order valence-corrected chi connectivity index (χ2v) is 7.93. The molecular weight excluding hydrogens is 392 g/mol. The lowest BCUT2D eigenvalue weighted by atomic mass is 9.85. The quantitative estimate of drug-likeness (QED) is 0.155. The van der Waals surface area contributed by atoms with Gasteiger partial charge in [0.1, 0.15) is 18.1 Å². The number of aliphatic imine (C=N–C) groups is 1. The predicted molar refractivity (Wildman–Crippen MR) is 106 cm³/mol. The number of hydrogen-bond donors (Lipinski definition) is 7. The zero-order valence-electron chi connectivity index (χ0n) is 16.7. The van der Waals surface area contributed by atoms with Crippen molar-refractivity contribution in [1.29, 1.82) is 0 Å². The van der Waals surface area contributed by atoms with E-state index < -0.39 is 42.2 Å². The second kappa shape index (κ2) is 6.83. The van der Waals surface area contributed by atoms with Gasteiger partial charge in [0.25, 0.3) is 5.79 Å². The number of ether oxygens (including phenoxy) is 1. The van der Waals surface area contributed by atoms with E-state index in [1.54, 1.807) is 24.3 Å². The average Bonchev–Trinajstić information content (AvgIpc) is 3.15. The molecule has 11 heteroatoms. The third-order valence-corrected chi connectivity index (χ3v) is 6.17. The molecule has 1 spiro atoms.